The summed E-state index contributed by atoms with van der Waals surface area (Å²) in [5.41, 5.74) is 3.87. The molecule has 0 saturated heterocycles. The summed E-state index contributed by atoms with van der Waals surface area (Å²) < 4.78 is 0. The van der Waals surface area contributed by atoms with E-state index < -0.39 is 0 Å². The molecule has 2 aliphatic carbocycles. The van der Waals surface area contributed by atoms with Crippen LogP contribution in [-0.2, 0) is 0 Å². The SMILES string of the molecule is CSC1CCC(NC2CC(C)c3c(C)ccc(O)c32)C1. The molecule has 0 aromatic heterocycles. The van der Waals surface area contributed by atoms with Crippen LogP contribution < -0.4 is 5.32 Å². The Bertz CT molecular complexity index is 502. The highest BCUT2D eigenvalue weighted by atomic mass is 32.2. The average Bonchev–Trinajstić information content (AvgIpc) is 3.00. The van der Waals surface area contributed by atoms with Gasteiger partial charge in [0, 0.05) is 22.9 Å². The molecule has 2 aliphatic rings. The zero-order chi connectivity index (χ0) is 14.3. The van der Waals surface area contributed by atoms with E-state index in [2.05, 4.69) is 25.4 Å². The van der Waals surface area contributed by atoms with Gasteiger partial charge in [-0.05, 0) is 62.0 Å². The van der Waals surface area contributed by atoms with Gasteiger partial charge >= 0.3 is 0 Å². The van der Waals surface area contributed by atoms with E-state index in [9.17, 15) is 5.11 Å². The molecule has 0 bridgehead atoms. The summed E-state index contributed by atoms with van der Waals surface area (Å²) >= 11 is 2.00. The minimum absolute atomic E-state index is 0.338. The van der Waals surface area contributed by atoms with Crippen LogP contribution in [0.4, 0.5) is 0 Å². The van der Waals surface area contributed by atoms with Crippen LogP contribution in [0.2, 0.25) is 0 Å². The van der Waals surface area contributed by atoms with Gasteiger partial charge in [-0.3, -0.25) is 0 Å². The maximum absolute atomic E-state index is 10.3. The van der Waals surface area contributed by atoms with Crippen LogP contribution in [-0.4, -0.2) is 22.7 Å². The first-order valence-electron chi connectivity index (χ1n) is 7.71. The Hall–Kier alpha value is -0.670. The number of hydrogen-bond acceptors (Lipinski definition) is 3. The molecule has 0 aliphatic heterocycles. The summed E-state index contributed by atoms with van der Waals surface area (Å²) in [4.78, 5) is 0. The van der Waals surface area contributed by atoms with Gasteiger partial charge in [0.15, 0.2) is 0 Å². The third-order valence-corrected chi connectivity index (χ3v) is 6.16. The van der Waals surface area contributed by atoms with Crippen LogP contribution in [0.5, 0.6) is 5.75 Å². The van der Waals surface area contributed by atoms with Gasteiger partial charge < -0.3 is 10.4 Å². The van der Waals surface area contributed by atoms with Crippen molar-refractivity contribution in [2.75, 3.05) is 6.26 Å². The number of phenols is 1. The summed E-state index contributed by atoms with van der Waals surface area (Å²) in [7, 11) is 0. The van der Waals surface area contributed by atoms with Crippen molar-refractivity contribution in [3.63, 3.8) is 0 Å². The van der Waals surface area contributed by atoms with Crippen LogP contribution in [0.25, 0.3) is 0 Å². The van der Waals surface area contributed by atoms with E-state index in [4.69, 9.17) is 0 Å². The van der Waals surface area contributed by atoms with Gasteiger partial charge in [-0.15, -0.1) is 0 Å². The first-order valence-corrected chi connectivity index (χ1v) is 9.00. The minimum atomic E-state index is 0.338. The zero-order valence-corrected chi connectivity index (χ0v) is 13.5. The Morgan fingerprint density at radius 3 is 2.70 bits per heavy atom. The second-order valence-corrected chi connectivity index (χ2v) is 7.59. The van der Waals surface area contributed by atoms with Gasteiger partial charge in [0.25, 0.3) is 0 Å². The van der Waals surface area contributed by atoms with E-state index in [1.165, 1.54) is 36.0 Å². The predicted molar refractivity (Wildman–Crippen MR) is 86.7 cm³/mol. The van der Waals surface area contributed by atoms with Gasteiger partial charge in [0.05, 0.1) is 0 Å². The third kappa shape index (κ3) is 2.46. The van der Waals surface area contributed by atoms with Gasteiger partial charge in [-0.2, -0.15) is 11.8 Å². The second-order valence-electron chi connectivity index (χ2n) is 6.45. The smallest absolute Gasteiger partial charge is 0.120 e. The highest BCUT2D eigenvalue weighted by Gasteiger charge is 2.34. The van der Waals surface area contributed by atoms with Gasteiger partial charge in [0.1, 0.15) is 5.75 Å². The first-order chi connectivity index (χ1) is 9.60. The maximum Gasteiger partial charge on any atom is 0.120 e. The molecule has 110 valence electrons. The fourth-order valence-electron chi connectivity index (χ4n) is 4.08. The molecule has 1 fully saturated rings. The van der Waals surface area contributed by atoms with Gasteiger partial charge in [-0.25, -0.2) is 0 Å². The second kappa shape index (κ2) is 5.61. The monoisotopic (exact) mass is 291 g/mol. The van der Waals surface area contributed by atoms with E-state index in [-0.39, 0.29) is 0 Å². The van der Waals surface area contributed by atoms with E-state index in [1.54, 1.807) is 0 Å². The molecule has 2 N–H and O–H groups in total. The molecule has 1 aromatic rings. The average molecular weight is 291 g/mol. The number of benzene rings is 1. The number of fused-ring (bicyclic) bond motifs is 1. The van der Waals surface area contributed by atoms with Crippen molar-refractivity contribution in [3.05, 3.63) is 28.8 Å². The van der Waals surface area contributed by atoms with Crippen molar-refractivity contribution < 1.29 is 5.11 Å². The Morgan fingerprint density at radius 1 is 1.20 bits per heavy atom. The molecular formula is C17H25NOS. The number of nitrogens with one attached hydrogen (secondary N) is 1. The summed E-state index contributed by atoms with van der Waals surface area (Å²) in [6.45, 7) is 4.45. The van der Waals surface area contributed by atoms with Crippen molar-refractivity contribution in [2.24, 2.45) is 0 Å². The Morgan fingerprint density at radius 2 is 2.00 bits per heavy atom. The minimum Gasteiger partial charge on any atom is -0.508 e. The fraction of sp³-hybridized carbons (Fsp3) is 0.647. The van der Waals surface area contributed by atoms with E-state index >= 15 is 0 Å². The Balaban J connectivity index is 1.80. The van der Waals surface area contributed by atoms with Crippen LogP contribution >= 0.6 is 11.8 Å². The quantitative estimate of drug-likeness (QED) is 0.878. The number of rotatable bonds is 3. The molecule has 3 heteroatoms. The Kier molecular flexibility index (Phi) is 4.00. The van der Waals surface area contributed by atoms with Crippen LogP contribution in [0.3, 0.4) is 0 Å². The number of hydrogen-bond donors (Lipinski definition) is 2. The summed E-state index contributed by atoms with van der Waals surface area (Å²) in [6, 6.07) is 4.87. The lowest BCUT2D eigenvalue weighted by Crippen LogP contribution is -2.30. The van der Waals surface area contributed by atoms with Crippen LogP contribution in [0.1, 0.15) is 61.3 Å². The molecule has 4 atom stereocenters. The lowest BCUT2D eigenvalue weighted by Gasteiger charge is -2.21. The van der Waals surface area contributed by atoms with E-state index in [0.29, 0.717) is 23.8 Å². The topological polar surface area (TPSA) is 32.3 Å². The van der Waals surface area contributed by atoms with Crippen molar-refractivity contribution in [3.8, 4) is 5.75 Å². The van der Waals surface area contributed by atoms with Crippen LogP contribution in [0, 0.1) is 6.92 Å². The van der Waals surface area contributed by atoms with Gasteiger partial charge in [-0.1, -0.05) is 13.0 Å². The van der Waals surface area contributed by atoms with Crippen molar-refractivity contribution in [1.82, 2.24) is 5.32 Å². The molecule has 1 aromatic carbocycles. The number of aryl methyl sites for hydroxylation is 1. The lowest BCUT2D eigenvalue weighted by atomic mass is 9.97. The standard InChI is InChI=1S/C17H25NOS/c1-10-4-7-15(19)17-14(8-11(2)16(10)17)18-12-5-6-13(9-12)20-3/h4,7,11-14,18-19H,5-6,8-9H2,1-3H3. The highest BCUT2D eigenvalue weighted by molar-refractivity contribution is 7.99. The molecule has 1 saturated carbocycles. The van der Waals surface area contributed by atoms with Crippen molar-refractivity contribution in [1.29, 1.82) is 0 Å². The molecule has 0 amide bonds. The zero-order valence-electron chi connectivity index (χ0n) is 12.6. The van der Waals surface area contributed by atoms with Crippen LogP contribution in [0.15, 0.2) is 12.1 Å². The molecule has 0 radical (unpaired) electrons. The normalized spacial score (nSPS) is 32.5. The van der Waals surface area contributed by atoms with Crippen molar-refractivity contribution in [2.45, 2.75) is 62.8 Å². The Labute approximate surface area is 126 Å². The van der Waals surface area contributed by atoms with Crippen molar-refractivity contribution >= 4 is 11.8 Å². The molecule has 3 rings (SSSR count). The molecular weight excluding hydrogens is 266 g/mol. The fourth-order valence-corrected chi connectivity index (χ4v) is 4.88. The van der Waals surface area contributed by atoms with E-state index in [1.807, 2.05) is 23.9 Å². The molecule has 2 nitrogen and oxygen atoms in total. The summed E-state index contributed by atoms with van der Waals surface area (Å²) in [5.74, 6) is 1.03. The molecule has 20 heavy (non-hydrogen) atoms. The number of thioether (sulfide) groups is 1. The molecule has 0 heterocycles. The lowest BCUT2D eigenvalue weighted by molar-refractivity contribution is 0.408. The van der Waals surface area contributed by atoms with Gasteiger partial charge in [0.2, 0.25) is 0 Å². The summed E-state index contributed by atoms with van der Waals surface area (Å²) in [6.07, 6.45) is 7.21. The maximum atomic E-state index is 10.3. The van der Waals surface area contributed by atoms with E-state index in [0.717, 1.165) is 11.7 Å². The predicted octanol–water partition coefficient (Wildman–Crippen LogP) is 4.12. The first kappa shape index (κ1) is 14.3. The third-order valence-electron chi connectivity index (χ3n) is 5.07. The molecule has 4 unspecified atom stereocenters. The summed E-state index contributed by atoms with van der Waals surface area (Å²) in [5, 5.41) is 14.9. The molecule has 0 spiro atoms. The number of aromatic hydroxyl groups is 1. The number of phenolic OH excluding ortho intramolecular Hbond substituents is 1. The largest absolute Gasteiger partial charge is 0.508 e. The highest BCUT2D eigenvalue weighted by Crippen LogP contribution is 2.46.